The lowest BCUT2D eigenvalue weighted by molar-refractivity contribution is -0.139. The fourth-order valence-electron chi connectivity index (χ4n) is 2.13. The van der Waals surface area contributed by atoms with Crippen LogP contribution in [0.25, 0.3) is 17.2 Å². The molecular weight excluding hydrogens is 304 g/mol. The Bertz CT molecular complexity index is 846. The Morgan fingerprint density at radius 3 is 2.68 bits per heavy atom. The molecule has 7 heteroatoms. The van der Waals surface area contributed by atoms with Gasteiger partial charge in [0.1, 0.15) is 5.15 Å². The van der Waals surface area contributed by atoms with Crippen molar-refractivity contribution in [1.29, 1.82) is 0 Å². The van der Waals surface area contributed by atoms with Gasteiger partial charge in [-0.05, 0) is 6.92 Å². The van der Waals surface area contributed by atoms with E-state index in [0.29, 0.717) is 28.0 Å². The van der Waals surface area contributed by atoms with Crippen LogP contribution in [0.3, 0.4) is 0 Å². The molecule has 3 rings (SSSR count). The third kappa shape index (κ3) is 2.53. The number of carbonyl (C=O) groups excluding carboxylic acids is 1. The molecule has 1 aromatic carbocycles. The number of hydrogen-bond donors (Lipinski definition) is 0. The number of hydrogen-bond acceptors (Lipinski definition) is 5. The SMILES string of the molecule is COC(=O)Cc1c(C)nc2nc(-c3ccccc3)nn2c1Cl. The molecule has 0 spiro atoms. The van der Waals surface area contributed by atoms with E-state index in [1.807, 2.05) is 30.3 Å². The predicted octanol–water partition coefficient (Wildman–Crippen LogP) is 2.47. The van der Waals surface area contributed by atoms with Gasteiger partial charge in [0.15, 0.2) is 5.82 Å². The molecule has 0 N–H and O–H groups in total. The van der Waals surface area contributed by atoms with E-state index in [4.69, 9.17) is 11.6 Å². The van der Waals surface area contributed by atoms with Crippen LogP contribution in [0.15, 0.2) is 30.3 Å². The van der Waals surface area contributed by atoms with Gasteiger partial charge in [-0.3, -0.25) is 4.79 Å². The highest BCUT2D eigenvalue weighted by atomic mass is 35.5. The number of aryl methyl sites for hydroxylation is 1. The number of ether oxygens (including phenoxy) is 1. The Hall–Kier alpha value is -2.47. The molecule has 0 unspecified atom stereocenters. The van der Waals surface area contributed by atoms with E-state index in [0.717, 1.165) is 5.56 Å². The Labute approximate surface area is 131 Å². The highest BCUT2D eigenvalue weighted by Crippen LogP contribution is 2.23. The lowest BCUT2D eigenvalue weighted by Crippen LogP contribution is -2.10. The maximum atomic E-state index is 11.5. The number of esters is 1. The van der Waals surface area contributed by atoms with Gasteiger partial charge in [-0.25, -0.2) is 4.98 Å². The fourth-order valence-corrected chi connectivity index (χ4v) is 2.45. The number of carbonyl (C=O) groups is 1. The Kier molecular flexibility index (Phi) is 3.77. The molecule has 0 atom stereocenters. The standard InChI is InChI=1S/C15H13ClN4O2/c1-9-11(8-12(21)22-2)13(16)20-15(17-9)18-14(19-20)10-6-4-3-5-7-10/h3-7H,8H2,1-2H3. The maximum absolute atomic E-state index is 11.5. The topological polar surface area (TPSA) is 69.4 Å². The second-order valence-electron chi connectivity index (χ2n) is 4.73. The molecule has 0 bridgehead atoms. The van der Waals surface area contributed by atoms with Crippen LogP contribution < -0.4 is 0 Å². The van der Waals surface area contributed by atoms with Crippen LogP contribution in [-0.2, 0) is 16.0 Å². The van der Waals surface area contributed by atoms with Crippen molar-refractivity contribution in [1.82, 2.24) is 19.6 Å². The zero-order valence-electron chi connectivity index (χ0n) is 12.1. The normalized spacial score (nSPS) is 10.9. The number of aromatic nitrogens is 4. The van der Waals surface area contributed by atoms with Crippen molar-refractivity contribution in [2.75, 3.05) is 7.11 Å². The van der Waals surface area contributed by atoms with Gasteiger partial charge < -0.3 is 4.74 Å². The molecule has 0 aliphatic carbocycles. The monoisotopic (exact) mass is 316 g/mol. The van der Waals surface area contributed by atoms with Crippen molar-refractivity contribution >= 4 is 23.3 Å². The van der Waals surface area contributed by atoms with Crippen LogP contribution in [0.4, 0.5) is 0 Å². The Morgan fingerprint density at radius 1 is 1.27 bits per heavy atom. The molecule has 0 radical (unpaired) electrons. The molecule has 2 heterocycles. The molecule has 2 aromatic heterocycles. The van der Waals surface area contributed by atoms with Crippen LogP contribution in [-0.4, -0.2) is 32.7 Å². The molecule has 0 saturated heterocycles. The maximum Gasteiger partial charge on any atom is 0.310 e. The quantitative estimate of drug-likeness (QED) is 0.548. The molecule has 0 amide bonds. The van der Waals surface area contributed by atoms with E-state index in [9.17, 15) is 4.79 Å². The fraction of sp³-hybridized carbons (Fsp3) is 0.200. The lowest BCUT2D eigenvalue weighted by atomic mass is 10.2. The van der Waals surface area contributed by atoms with E-state index >= 15 is 0 Å². The Morgan fingerprint density at radius 2 is 2.00 bits per heavy atom. The van der Waals surface area contributed by atoms with E-state index in [-0.39, 0.29) is 12.4 Å². The first-order valence-electron chi connectivity index (χ1n) is 6.64. The van der Waals surface area contributed by atoms with Crippen molar-refractivity contribution in [2.24, 2.45) is 0 Å². The zero-order valence-corrected chi connectivity index (χ0v) is 12.8. The predicted molar refractivity (Wildman–Crippen MR) is 81.7 cm³/mol. The smallest absolute Gasteiger partial charge is 0.310 e. The highest BCUT2D eigenvalue weighted by molar-refractivity contribution is 6.30. The highest BCUT2D eigenvalue weighted by Gasteiger charge is 2.18. The summed E-state index contributed by atoms with van der Waals surface area (Å²) in [4.78, 5) is 20.2. The van der Waals surface area contributed by atoms with E-state index < -0.39 is 0 Å². The molecular formula is C15H13ClN4O2. The van der Waals surface area contributed by atoms with Crippen LogP contribution in [0, 0.1) is 6.92 Å². The van der Waals surface area contributed by atoms with Crippen molar-refractivity contribution in [3.63, 3.8) is 0 Å². The average Bonchev–Trinajstić information content (AvgIpc) is 2.96. The largest absolute Gasteiger partial charge is 0.469 e. The lowest BCUT2D eigenvalue weighted by Gasteiger charge is -2.07. The van der Waals surface area contributed by atoms with Gasteiger partial charge in [-0.2, -0.15) is 9.50 Å². The van der Waals surface area contributed by atoms with Gasteiger partial charge in [-0.1, -0.05) is 41.9 Å². The number of halogens is 1. The summed E-state index contributed by atoms with van der Waals surface area (Å²) in [6, 6.07) is 9.55. The minimum atomic E-state index is -0.380. The first kappa shape index (κ1) is 14.5. The Balaban J connectivity index is 2.13. The van der Waals surface area contributed by atoms with E-state index in [1.165, 1.54) is 11.6 Å². The minimum absolute atomic E-state index is 0.0463. The van der Waals surface area contributed by atoms with Gasteiger partial charge in [0.2, 0.25) is 0 Å². The number of rotatable bonds is 3. The summed E-state index contributed by atoms with van der Waals surface area (Å²) in [6.07, 6.45) is 0.0463. The van der Waals surface area contributed by atoms with Crippen molar-refractivity contribution in [2.45, 2.75) is 13.3 Å². The molecule has 0 fully saturated rings. The number of fused-ring (bicyclic) bond motifs is 1. The van der Waals surface area contributed by atoms with Gasteiger partial charge >= 0.3 is 5.97 Å². The first-order chi connectivity index (χ1) is 10.6. The van der Waals surface area contributed by atoms with Crippen LogP contribution in [0.2, 0.25) is 5.15 Å². The summed E-state index contributed by atoms with van der Waals surface area (Å²) in [6.45, 7) is 1.78. The molecule has 6 nitrogen and oxygen atoms in total. The minimum Gasteiger partial charge on any atom is -0.469 e. The molecule has 22 heavy (non-hydrogen) atoms. The first-order valence-corrected chi connectivity index (χ1v) is 7.02. The average molecular weight is 317 g/mol. The number of methoxy groups -OCH3 is 1. The molecule has 112 valence electrons. The summed E-state index contributed by atoms with van der Waals surface area (Å²) in [5, 5.41) is 4.70. The third-order valence-corrected chi connectivity index (χ3v) is 3.70. The van der Waals surface area contributed by atoms with Crippen LogP contribution >= 0.6 is 11.6 Å². The summed E-state index contributed by atoms with van der Waals surface area (Å²) in [7, 11) is 1.33. The summed E-state index contributed by atoms with van der Waals surface area (Å²) >= 11 is 6.36. The van der Waals surface area contributed by atoms with Gasteiger partial charge in [0.05, 0.1) is 13.5 Å². The van der Waals surface area contributed by atoms with Gasteiger partial charge in [0.25, 0.3) is 5.78 Å². The van der Waals surface area contributed by atoms with E-state index in [2.05, 4.69) is 19.8 Å². The van der Waals surface area contributed by atoms with E-state index in [1.54, 1.807) is 6.92 Å². The molecule has 0 saturated carbocycles. The van der Waals surface area contributed by atoms with Crippen molar-refractivity contribution in [3.05, 3.63) is 46.7 Å². The second kappa shape index (κ2) is 5.73. The summed E-state index contributed by atoms with van der Waals surface area (Å²) in [5.74, 6) is 0.550. The summed E-state index contributed by atoms with van der Waals surface area (Å²) < 4.78 is 6.12. The van der Waals surface area contributed by atoms with Gasteiger partial charge in [-0.15, -0.1) is 5.10 Å². The number of nitrogens with zero attached hydrogens (tertiary/aromatic N) is 4. The zero-order chi connectivity index (χ0) is 15.7. The molecule has 0 aliphatic rings. The summed E-state index contributed by atoms with van der Waals surface area (Å²) in [5.41, 5.74) is 2.09. The second-order valence-corrected chi connectivity index (χ2v) is 5.09. The van der Waals surface area contributed by atoms with Crippen molar-refractivity contribution in [3.8, 4) is 11.4 Å². The van der Waals surface area contributed by atoms with Crippen molar-refractivity contribution < 1.29 is 9.53 Å². The van der Waals surface area contributed by atoms with Crippen LogP contribution in [0.1, 0.15) is 11.3 Å². The number of benzene rings is 1. The molecule has 3 aromatic rings. The molecule has 0 aliphatic heterocycles. The third-order valence-electron chi connectivity index (χ3n) is 3.31. The van der Waals surface area contributed by atoms with Gasteiger partial charge in [0, 0.05) is 16.8 Å². The van der Waals surface area contributed by atoms with Crippen LogP contribution in [0.5, 0.6) is 0 Å².